The molecule has 0 saturated heterocycles. The number of benzene rings is 2. The van der Waals surface area contributed by atoms with Crippen LogP contribution in [-0.4, -0.2) is 27.9 Å². The second-order valence-corrected chi connectivity index (χ2v) is 8.32. The van der Waals surface area contributed by atoms with E-state index in [0.717, 1.165) is 14.5 Å². The van der Waals surface area contributed by atoms with E-state index < -0.39 is 10.0 Å². The minimum absolute atomic E-state index is 0.0266. The first-order valence-corrected chi connectivity index (χ1v) is 9.50. The molecule has 1 aromatic heterocycles. The van der Waals surface area contributed by atoms with E-state index in [0.29, 0.717) is 16.5 Å². The molecule has 0 spiro atoms. The minimum atomic E-state index is -4.06. The van der Waals surface area contributed by atoms with Gasteiger partial charge < -0.3 is 5.11 Å². The summed E-state index contributed by atoms with van der Waals surface area (Å²) in [6.45, 7) is -0.331. The molecule has 2 aromatic carbocycles. The fourth-order valence-electron chi connectivity index (χ4n) is 2.48. The van der Waals surface area contributed by atoms with Gasteiger partial charge in [0.25, 0.3) is 10.0 Å². The lowest BCUT2D eigenvalue weighted by molar-refractivity contribution is 0.0291. The molecule has 3 N–H and O–H groups in total. The summed E-state index contributed by atoms with van der Waals surface area (Å²) >= 11 is 9.14. The summed E-state index contributed by atoms with van der Waals surface area (Å²) in [6, 6.07) is 8.56. The predicted molar refractivity (Wildman–Crippen MR) is 95.6 cm³/mol. The molecule has 0 aliphatic carbocycles. The highest BCUT2D eigenvalue weighted by atomic mass is 79.9. The molecule has 1 heterocycles. The van der Waals surface area contributed by atoms with Crippen molar-refractivity contribution in [3.63, 3.8) is 0 Å². The molecule has 0 bridgehead atoms. The van der Waals surface area contributed by atoms with Crippen molar-refractivity contribution in [1.29, 1.82) is 0 Å². The maximum absolute atomic E-state index is 13.0. The summed E-state index contributed by atoms with van der Waals surface area (Å²) in [4.78, 5) is -0.190. The number of rotatable bonds is 4. The molecular formula is C15H12BrClN2O5S. The molecule has 3 aromatic rings. The molecular weight excluding hydrogens is 436 g/mol. The Morgan fingerprint density at radius 2 is 1.88 bits per heavy atom. The summed E-state index contributed by atoms with van der Waals surface area (Å²) < 4.78 is 27.8. The number of aliphatic hydroxyl groups excluding tert-OH is 1. The number of fused-ring (bicyclic) bond motifs is 1. The average molecular weight is 448 g/mol. The van der Waals surface area contributed by atoms with E-state index in [2.05, 4.69) is 15.9 Å². The highest BCUT2D eigenvalue weighted by molar-refractivity contribution is 9.10. The van der Waals surface area contributed by atoms with E-state index in [4.69, 9.17) is 11.6 Å². The van der Waals surface area contributed by atoms with E-state index >= 15 is 0 Å². The second kappa shape index (κ2) is 6.60. The van der Waals surface area contributed by atoms with Crippen molar-refractivity contribution in [1.82, 2.24) is 3.97 Å². The first-order chi connectivity index (χ1) is 11.8. The lowest BCUT2D eigenvalue weighted by Gasteiger charge is -2.13. The summed E-state index contributed by atoms with van der Waals surface area (Å²) in [5.41, 5.74) is 0.554. The number of aliphatic hydroxyl groups is 1. The fraction of sp³-hybridized carbons (Fsp3) is 0.0667. The van der Waals surface area contributed by atoms with Crippen molar-refractivity contribution < 1.29 is 23.9 Å². The Balaban J connectivity index is 2.25. The lowest BCUT2D eigenvalue weighted by atomic mass is 10.2. The van der Waals surface area contributed by atoms with Crippen LogP contribution >= 0.6 is 27.5 Å². The van der Waals surface area contributed by atoms with Gasteiger partial charge in [-0.15, -0.1) is 5.23 Å². The molecule has 0 amide bonds. The molecule has 0 fully saturated rings. The first kappa shape index (κ1) is 18.2. The SMILES string of the molecule is O=S(=O)(c1ccc(Cl)c(N(O)O)c1)n1cc(CO)c2cc(Br)ccc21. The Hall–Kier alpha value is -1.62. The molecule has 0 saturated carbocycles. The normalized spacial score (nSPS) is 11.9. The third-order valence-corrected chi connectivity index (χ3v) is 6.16. The molecule has 0 atom stereocenters. The number of anilines is 1. The third kappa shape index (κ3) is 3.14. The van der Waals surface area contributed by atoms with Gasteiger partial charge in [-0.25, -0.2) is 12.4 Å². The standard InChI is InChI=1S/C15H12BrClN2O5S/c16-10-1-4-14-12(5-10)9(8-20)7-18(14)25(23,24)11-2-3-13(17)15(6-11)19(21)22/h1-7,20-22H,8H2. The van der Waals surface area contributed by atoms with E-state index in [9.17, 15) is 23.9 Å². The highest BCUT2D eigenvalue weighted by Gasteiger charge is 2.23. The van der Waals surface area contributed by atoms with Crippen LogP contribution in [0.3, 0.4) is 0 Å². The summed E-state index contributed by atoms with van der Waals surface area (Å²) in [5.74, 6) is 0. The topological polar surface area (TPSA) is 103 Å². The zero-order valence-corrected chi connectivity index (χ0v) is 15.6. The third-order valence-electron chi connectivity index (χ3n) is 3.68. The smallest absolute Gasteiger partial charge is 0.268 e. The van der Waals surface area contributed by atoms with Gasteiger partial charge >= 0.3 is 0 Å². The van der Waals surface area contributed by atoms with Gasteiger partial charge in [-0.2, -0.15) is 0 Å². The molecule has 25 heavy (non-hydrogen) atoms. The van der Waals surface area contributed by atoms with Crippen molar-refractivity contribution in [3.05, 3.63) is 57.7 Å². The van der Waals surface area contributed by atoms with Crippen LogP contribution in [0.2, 0.25) is 5.02 Å². The van der Waals surface area contributed by atoms with Crippen LogP contribution in [0.15, 0.2) is 52.0 Å². The van der Waals surface area contributed by atoms with Crippen LogP contribution < -0.4 is 5.23 Å². The Morgan fingerprint density at radius 3 is 2.52 bits per heavy atom. The van der Waals surface area contributed by atoms with Crippen LogP contribution in [-0.2, 0) is 16.6 Å². The van der Waals surface area contributed by atoms with Gasteiger partial charge in [-0.3, -0.25) is 10.4 Å². The number of hydrogen-bond donors (Lipinski definition) is 3. The van der Waals surface area contributed by atoms with Crippen molar-refractivity contribution in [3.8, 4) is 0 Å². The van der Waals surface area contributed by atoms with Crippen LogP contribution in [0.4, 0.5) is 5.69 Å². The Morgan fingerprint density at radius 1 is 1.16 bits per heavy atom. The van der Waals surface area contributed by atoms with Crippen LogP contribution in [0, 0.1) is 0 Å². The summed E-state index contributed by atoms with van der Waals surface area (Å²) in [6.07, 6.45) is 1.33. The molecule has 0 aliphatic heterocycles. The molecule has 0 unspecified atom stereocenters. The fourth-order valence-corrected chi connectivity index (χ4v) is 4.45. The van der Waals surface area contributed by atoms with Gasteiger partial charge in [0.1, 0.15) is 5.69 Å². The largest absolute Gasteiger partial charge is 0.392 e. The van der Waals surface area contributed by atoms with Crippen LogP contribution in [0.5, 0.6) is 0 Å². The van der Waals surface area contributed by atoms with Crippen LogP contribution in [0.25, 0.3) is 10.9 Å². The molecule has 7 nitrogen and oxygen atoms in total. The average Bonchev–Trinajstić information content (AvgIpc) is 2.93. The summed E-state index contributed by atoms with van der Waals surface area (Å²) in [7, 11) is -4.06. The summed E-state index contributed by atoms with van der Waals surface area (Å²) in [5, 5.41) is 28.2. The highest BCUT2D eigenvalue weighted by Crippen LogP contribution is 2.31. The maximum atomic E-state index is 13.0. The monoisotopic (exact) mass is 446 g/mol. The van der Waals surface area contributed by atoms with Crippen LogP contribution in [0.1, 0.15) is 5.56 Å². The number of hydrogen-bond acceptors (Lipinski definition) is 6. The molecule has 3 rings (SSSR count). The molecule has 132 valence electrons. The molecule has 10 heteroatoms. The molecule has 0 radical (unpaired) electrons. The van der Waals surface area contributed by atoms with Gasteiger partial charge in [0.15, 0.2) is 0 Å². The predicted octanol–water partition coefficient (Wildman–Crippen LogP) is 3.37. The zero-order valence-electron chi connectivity index (χ0n) is 12.5. The van der Waals surface area contributed by atoms with Gasteiger partial charge in [0.2, 0.25) is 0 Å². The number of aromatic nitrogens is 1. The van der Waals surface area contributed by atoms with Gasteiger partial charge in [0, 0.05) is 21.6 Å². The van der Waals surface area contributed by atoms with E-state index in [1.165, 1.54) is 18.3 Å². The van der Waals surface area contributed by atoms with E-state index in [-0.39, 0.29) is 27.4 Å². The maximum Gasteiger partial charge on any atom is 0.268 e. The quantitative estimate of drug-likeness (QED) is 0.530. The van der Waals surface area contributed by atoms with Crippen molar-refractivity contribution in [2.75, 3.05) is 5.23 Å². The number of halogens is 2. The minimum Gasteiger partial charge on any atom is -0.392 e. The van der Waals surface area contributed by atoms with E-state index in [1.54, 1.807) is 18.2 Å². The second-order valence-electron chi connectivity index (χ2n) is 5.18. The van der Waals surface area contributed by atoms with Gasteiger partial charge in [0.05, 0.1) is 22.0 Å². The Labute approximate surface area is 156 Å². The van der Waals surface area contributed by atoms with E-state index in [1.807, 2.05) is 0 Å². The van der Waals surface area contributed by atoms with Crippen molar-refractivity contribution in [2.45, 2.75) is 11.5 Å². The Kier molecular flexibility index (Phi) is 4.80. The Bertz CT molecular complexity index is 1070. The first-order valence-electron chi connectivity index (χ1n) is 6.89. The zero-order chi connectivity index (χ0) is 18.4. The molecule has 0 aliphatic rings. The van der Waals surface area contributed by atoms with Gasteiger partial charge in [-0.05, 0) is 36.4 Å². The van der Waals surface area contributed by atoms with Crippen molar-refractivity contribution >= 4 is 54.1 Å². The number of nitrogens with zero attached hydrogens (tertiary/aromatic N) is 2. The van der Waals surface area contributed by atoms with Gasteiger partial charge in [-0.1, -0.05) is 27.5 Å². The lowest BCUT2D eigenvalue weighted by Crippen LogP contribution is -2.15. The van der Waals surface area contributed by atoms with Crippen molar-refractivity contribution in [2.24, 2.45) is 0 Å².